The summed E-state index contributed by atoms with van der Waals surface area (Å²) in [6.45, 7) is 14.8. The van der Waals surface area contributed by atoms with Crippen molar-refractivity contribution in [3.05, 3.63) is 65.0 Å². The van der Waals surface area contributed by atoms with Crippen LogP contribution in [0, 0.1) is 25.1 Å². The number of amides is 3. The first kappa shape index (κ1) is 26.7. The van der Waals surface area contributed by atoms with E-state index in [1.165, 1.54) is 12.1 Å². The molecule has 0 unspecified atom stereocenters. The van der Waals surface area contributed by atoms with Crippen molar-refractivity contribution < 1.29 is 14.0 Å². The number of benzene rings is 2. The highest BCUT2D eigenvalue weighted by molar-refractivity contribution is 5.91. The number of carbonyl (C=O) groups excluding carboxylic acids is 2. The minimum Gasteiger partial charge on any atom is -0.337 e. The molecule has 35 heavy (non-hydrogen) atoms. The molecule has 190 valence electrons. The van der Waals surface area contributed by atoms with Crippen LogP contribution in [-0.2, 0) is 11.3 Å². The minimum atomic E-state index is -0.277. The number of nitrogens with one attached hydrogen (secondary N) is 1. The van der Waals surface area contributed by atoms with Crippen LogP contribution in [0.2, 0.25) is 0 Å². The normalized spacial score (nSPS) is 14.6. The third-order valence-electron chi connectivity index (χ3n) is 6.38. The van der Waals surface area contributed by atoms with E-state index in [1.807, 2.05) is 41.8 Å². The number of rotatable bonds is 7. The largest absolute Gasteiger partial charge is 0.337 e. The molecule has 0 radical (unpaired) electrons. The molecule has 2 aromatic carbocycles. The molecule has 1 saturated heterocycles. The van der Waals surface area contributed by atoms with Gasteiger partial charge in [0.2, 0.25) is 5.91 Å². The number of piperazine rings is 1. The van der Waals surface area contributed by atoms with Crippen molar-refractivity contribution in [3.8, 4) is 0 Å². The first-order chi connectivity index (χ1) is 16.5. The Morgan fingerprint density at radius 1 is 0.971 bits per heavy atom. The van der Waals surface area contributed by atoms with Gasteiger partial charge in [-0.3, -0.25) is 9.69 Å². The molecule has 2 aromatic rings. The summed E-state index contributed by atoms with van der Waals surface area (Å²) in [6.07, 6.45) is 0.459. The van der Waals surface area contributed by atoms with Gasteiger partial charge >= 0.3 is 6.03 Å². The number of hydrogen-bond donors (Lipinski definition) is 1. The van der Waals surface area contributed by atoms with E-state index in [0.29, 0.717) is 32.6 Å². The molecule has 7 heteroatoms. The lowest BCUT2D eigenvalue weighted by atomic mass is 9.91. The lowest BCUT2D eigenvalue weighted by Gasteiger charge is -2.36. The van der Waals surface area contributed by atoms with Gasteiger partial charge in [0.1, 0.15) is 5.82 Å². The Morgan fingerprint density at radius 3 is 2.14 bits per heavy atom. The van der Waals surface area contributed by atoms with E-state index in [2.05, 4.69) is 31.0 Å². The first-order valence-corrected chi connectivity index (χ1v) is 12.4. The number of urea groups is 1. The maximum absolute atomic E-state index is 13.3. The van der Waals surface area contributed by atoms with Gasteiger partial charge in [0.25, 0.3) is 0 Å². The van der Waals surface area contributed by atoms with E-state index in [4.69, 9.17) is 0 Å². The number of anilines is 1. The lowest BCUT2D eigenvalue weighted by Crippen LogP contribution is -2.51. The standard InChI is InChI=1S/C28H39FN4O2/c1-21-7-6-8-22(2)26(21)30-27(35)32-16-13-31(14-17-32)15-18-33(25(34)19-28(3,4)5)20-23-9-11-24(29)12-10-23/h6-12H,13-20H2,1-5H3,(H,30,35). The smallest absolute Gasteiger partial charge is 0.321 e. The monoisotopic (exact) mass is 482 g/mol. The Kier molecular flexibility index (Phi) is 8.89. The number of para-hydroxylation sites is 1. The van der Waals surface area contributed by atoms with Gasteiger partial charge in [-0.25, -0.2) is 9.18 Å². The molecule has 1 aliphatic heterocycles. The van der Waals surface area contributed by atoms with Crippen molar-refractivity contribution >= 4 is 17.6 Å². The zero-order valence-corrected chi connectivity index (χ0v) is 21.7. The highest BCUT2D eigenvalue weighted by Crippen LogP contribution is 2.22. The third-order valence-corrected chi connectivity index (χ3v) is 6.38. The molecular weight excluding hydrogens is 443 g/mol. The van der Waals surface area contributed by atoms with Crippen molar-refractivity contribution in [1.82, 2.24) is 14.7 Å². The molecule has 0 atom stereocenters. The zero-order chi connectivity index (χ0) is 25.6. The van der Waals surface area contributed by atoms with Crippen LogP contribution in [0.25, 0.3) is 0 Å². The van der Waals surface area contributed by atoms with E-state index in [0.717, 1.165) is 42.0 Å². The number of nitrogens with zero attached hydrogens (tertiary/aromatic N) is 3. The second-order valence-electron chi connectivity index (χ2n) is 10.7. The molecule has 3 amide bonds. The number of aryl methyl sites for hydroxylation is 2. The van der Waals surface area contributed by atoms with Gasteiger partial charge in [-0.05, 0) is 48.1 Å². The van der Waals surface area contributed by atoms with Crippen LogP contribution in [0.3, 0.4) is 0 Å². The van der Waals surface area contributed by atoms with E-state index in [-0.39, 0.29) is 23.2 Å². The number of hydrogen-bond acceptors (Lipinski definition) is 3. The van der Waals surface area contributed by atoms with Crippen LogP contribution in [0.4, 0.5) is 14.9 Å². The molecule has 0 bridgehead atoms. The predicted molar refractivity (Wildman–Crippen MR) is 139 cm³/mol. The van der Waals surface area contributed by atoms with E-state index in [9.17, 15) is 14.0 Å². The molecule has 0 saturated carbocycles. The minimum absolute atomic E-state index is 0.0691. The van der Waals surface area contributed by atoms with Gasteiger partial charge in [0.15, 0.2) is 0 Å². The Morgan fingerprint density at radius 2 is 1.57 bits per heavy atom. The zero-order valence-electron chi connectivity index (χ0n) is 21.7. The molecule has 0 aromatic heterocycles. The summed E-state index contributed by atoms with van der Waals surface area (Å²) in [7, 11) is 0. The van der Waals surface area contributed by atoms with Crippen molar-refractivity contribution in [2.24, 2.45) is 5.41 Å². The van der Waals surface area contributed by atoms with Crippen LogP contribution >= 0.6 is 0 Å². The molecule has 3 rings (SSSR count). The van der Waals surface area contributed by atoms with Crippen LogP contribution in [0.1, 0.15) is 43.9 Å². The third kappa shape index (κ3) is 8.06. The fraction of sp³-hybridized carbons (Fsp3) is 0.500. The Labute approximate surface area is 209 Å². The molecule has 6 nitrogen and oxygen atoms in total. The first-order valence-electron chi connectivity index (χ1n) is 12.4. The Bertz CT molecular complexity index is 988. The Hall–Kier alpha value is -2.93. The van der Waals surface area contributed by atoms with Gasteiger partial charge in [0.05, 0.1) is 0 Å². The molecule has 1 fully saturated rings. The van der Waals surface area contributed by atoms with Gasteiger partial charge < -0.3 is 15.1 Å². The Balaban J connectivity index is 1.54. The topological polar surface area (TPSA) is 55.9 Å². The quantitative estimate of drug-likeness (QED) is 0.600. The van der Waals surface area contributed by atoms with E-state index >= 15 is 0 Å². The fourth-order valence-electron chi connectivity index (χ4n) is 4.30. The number of carbonyl (C=O) groups is 2. The summed E-state index contributed by atoms with van der Waals surface area (Å²) >= 11 is 0. The highest BCUT2D eigenvalue weighted by atomic mass is 19.1. The van der Waals surface area contributed by atoms with Gasteiger partial charge in [-0.2, -0.15) is 0 Å². The summed E-state index contributed by atoms with van der Waals surface area (Å²) in [5.74, 6) is -0.172. The van der Waals surface area contributed by atoms with Crippen molar-refractivity contribution in [2.45, 2.75) is 47.6 Å². The fourth-order valence-corrected chi connectivity index (χ4v) is 4.30. The second kappa shape index (κ2) is 11.7. The molecule has 0 spiro atoms. The summed E-state index contributed by atoms with van der Waals surface area (Å²) in [6, 6.07) is 12.3. The molecule has 1 aliphatic rings. The van der Waals surface area contributed by atoms with Crippen molar-refractivity contribution in [3.63, 3.8) is 0 Å². The molecule has 1 N–H and O–H groups in total. The maximum Gasteiger partial charge on any atom is 0.321 e. The SMILES string of the molecule is Cc1cccc(C)c1NC(=O)N1CCN(CCN(Cc2ccc(F)cc2)C(=O)CC(C)(C)C)CC1. The maximum atomic E-state index is 13.3. The summed E-state index contributed by atoms with van der Waals surface area (Å²) < 4.78 is 13.3. The van der Waals surface area contributed by atoms with Gasteiger partial charge in [-0.15, -0.1) is 0 Å². The van der Waals surface area contributed by atoms with Gasteiger partial charge in [0, 0.05) is 57.9 Å². The highest BCUT2D eigenvalue weighted by Gasteiger charge is 2.25. The molecular formula is C28H39FN4O2. The summed E-state index contributed by atoms with van der Waals surface area (Å²) in [4.78, 5) is 31.9. The van der Waals surface area contributed by atoms with Crippen LogP contribution in [0.5, 0.6) is 0 Å². The van der Waals surface area contributed by atoms with Crippen molar-refractivity contribution in [2.75, 3.05) is 44.6 Å². The van der Waals surface area contributed by atoms with Crippen molar-refractivity contribution in [1.29, 1.82) is 0 Å². The summed E-state index contributed by atoms with van der Waals surface area (Å²) in [5, 5.41) is 3.07. The number of halogens is 1. The van der Waals surface area contributed by atoms with E-state index in [1.54, 1.807) is 12.1 Å². The molecule has 1 heterocycles. The second-order valence-corrected chi connectivity index (χ2v) is 10.7. The lowest BCUT2D eigenvalue weighted by molar-refractivity contribution is -0.134. The van der Waals surface area contributed by atoms with Crippen LogP contribution < -0.4 is 5.32 Å². The summed E-state index contributed by atoms with van der Waals surface area (Å²) in [5.41, 5.74) is 3.80. The predicted octanol–water partition coefficient (Wildman–Crippen LogP) is 5.06. The average Bonchev–Trinajstić information content (AvgIpc) is 2.79. The average molecular weight is 483 g/mol. The molecule has 0 aliphatic carbocycles. The van der Waals surface area contributed by atoms with E-state index < -0.39 is 0 Å². The van der Waals surface area contributed by atoms with Gasteiger partial charge in [-0.1, -0.05) is 51.1 Å². The van der Waals surface area contributed by atoms with Crippen LogP contribution in [0.15, 0.2) is 42.5 Å². The van der Waals surface area contributed by atoms with Crippen LogP contribution in [-0.4, -0.2) is 65.9 Å².